The molecule has 0 aromatic heterocycles. The quantitative estimate of drug-likeness (QED) is 0.847. The van der Waals surface area contributed by atoms with Crippen LogP contribution >= 0.6 is 0 Å². The maximum Gasteiger partial charge on any atom is 0.142 e. The smallest absolute Gasteiger partial charge is 0.142 e. The van der Waals surface area contributed by atoms with Crippen molar-refractivity contribution in [3.63, 3.8) is 0 Å². The number of hydrogen-bond acceptors (Lipinski definition) is 4. The normalized spacial score (nSPS) is 15.1. The molecule has 0 atom stereocenters. The molecule has 1 heterocycles. The Morgan fingerprint density at radius 1 is 1.00 bits per heavy atom. The Morgan fingerprint density at radius 3 is 2.38 bits per heavy atom. The van der Waals surface area contributed by atoms with Crippen LogP contribution in [0.25, 0.3) is 0 Å². The molecule has 3 rings (SSSR count). The highest BCUT2D eigenvalue weighted by Crippen LogP contribution is 2.29. The summed E-state index contributed by atoms with van der Waals surface area (Å²) in [5.74, 6) is 0.973. The number of piperazine rings is 1. The first-order valence-corrected chi connectivity index (χ1v) is 8.48. The second-order valence-electron chi connectivity index (χ2n) is 5.97. The summed E-state index contributed by atoms with van der Waals surface area (Å²) in [4.78, 5) is 4.86. The van der Waals surface area contributed by atoms with E-state index < -0.39 is 0 Å². The maximum atomic E-state index is 8.87. The van der Waals surface area contributed by atoms with E-state index in [-0.39, 0.29) is 0 Å². The molecule has 1 saturated heterocycles. The molecule has 2 aromatic carbocycles. The summed E-state index contributed by atoms with van der Waals surface area (Å²) >= 11 is 0. The molecule has 124 valence electrons. The number of nitriles is 1. The van der Waals surface area contributed by atoms with Crippen molar-refractivity contribution in [1.82, 2.24) is 4.90 Å². The Kier molecular flexibility index (Phi) is 5.35. The highest BCUT2D eigenvalue weighted by molar-refractivity contribution is 5.58. The lowest BCUT2D eigenvalue weighted by atomic mass is 10.1. The average molecular weight is 321 g/mol. The monoisotopic (exact) mass is 321 g/mol. The first-order valence-electron chi connectivity index (χ1n) is 8.48. The lowest BCUT2D eigenvalue weighted by Gasteiger charge is -2.36. The highest BCUT2D eigenvalue weighted by Gasteiger charge is 2.19. The van der Waals surface area contributed by atoms with Gasteiger partial charge in [0, 0.05) is 32.7 Å². The zero-order valence-electron chi connectivity index (χ0n) is 14.1. The van der Waals surface area contributed by atoms with Gasteiger partial charge < -0.3 is 9.64 Å². The number of rotatable bonds is 5. The van der Waals surface area contributed by atoms with Crippen molar-refractivity contribution < 1.29 is 4.74 Å². The molecule has 1 aliphatic rings. The molecule has 0 unspecified atom stereocenters. The number of nitrogens with zero attached hydrogens (tertiary/aromatic N) is 3. The van der Waals surface area contributed by atoms with Gasteiger partial charge in [0.1, 0.15) is 5.75 Å². The molecule has 4 nitrogen and oxygen atoms in total. The van der Waals surface area contributed by atoms with Crippen LogP contribution in [0.2, 0.25) is 0 Å². The number of benzene rings is 2. The fourth-order valence-electron chi connectivity index (χ4n) is 3.09. The molecule has 1 aliphatic heterocycles. The van der Waals surface area contributed by atoms with Crippen LogP contribution in [0.3, 0.4) is 0 Å². The van der Waals surface area contributed by atoms with Gasteiger partial charge in [-0.2, -0.15) is 5.26 Å². The first kappa shape index (κ1) is 16.4. The van der Waals surface area contributed by atoms with E-state index in [1.54, 1.807) is 0 Å². The Bertz CT molecular complexity index is 698. The van der Waals surface area contributed by atoms with Gasteiger partial charge in [-0.05, 0) is 36.8 Å². The summed E-state index contributed by atoms with van der Waals surface area (Å²) in [6, 6.07) is 18.3. The summed E-state index contributed by atoms with van der Waals surface area (Å²) in [5.41, 5.74) is 3.17. The Labute approximate surface area is 143 Å². The van der Waals surface area contributed by atoms with Crippen LogP contribution in [-0.4, -0.2) is 37.7 Å². The van der Waals surface area contributed by atoms with Gasteiger partial charge in [0.2, 0.25) is 0 Å². The number of ether oxygens (including phenoxy) is 1. The van der Waals surface area contributed by atoms with Crippen LogP contribution in [0.4, 0.5) is 5.69 Å². The van der Waals surface area contributed by atoms with Gasteiger partial charge >= 0.3 is 0 Å². The first-order chi connectivity index (χ1) is 11.8. The molecular formula is C20H23N3O. The van der Waals surface area contributed by atoms with E-state index in [4.69, 9.17) is 10.00 Å². The zero-order chi connectivity index (χ0) is 16.8. The van der Waals surface area contributed by atoms with Gasteiger partial charge in [0.05, 0.1) is 23.9 Å². The van der Waals surface area contributed by atoms with E-state index in [9.17, 15) is 0 Å². The van der Waals surface area contributed by atoms with E-state index in [1.165, 1.54) is 11.3 Å². The van der Waals surface area contributed by atoms with Gasteiger partial charge in [0.25, 0.3) is 0 Å². The molecule has 0 bridgehead atoms. The van der Waals surface area contributed by atoms with E-state index >= 15 is 0 Å². The fourth-order valence-corrected chi connectivity index (χ4v) is 3.09. The van der Waals surface area contributed by atoms with E-state index in [2.05, 4.69) is 40.1 Å². The minimum atomic E-state index is 0.690. The summed E-state index contributed by atoms with van der Waals surface area (Å²) < 4.78 is 5.75. The van der Waals surface area contributed by atoms with Crippen molar-refractivity contribution >= 4 is 5.69 Å². The summed E-state index contributed by atoms with van der Waals surface area (Å²) in [6.45, 7) is 7.70. The summed E-state index contributed by atoms with van der Waals surface area (Å²) in [5, 5.41) is 8.87. The molecular weight excluding hydrogens is 298 g/mol. The molecule has 0 radical (unpaired) electrons. The minimum Gasteiger partial charge on any atom is -0.492 e. The minimum absolute atomic E-state index is 0.690. The third-order valence-electron chi connectivity index (χ3n) is 4.37. The van der Waals surface area contributed by atoms with Crippen LogP contribution < -0.4 is 9.64 Å². The number of para-hydroxylation sites is 2. The standard InChI is InChI=1S/C20H23N3O/c1-2-24-20-6-4-3-5-19(20)23-13-11-22(12-14-23)16-18-9-7-17(15-21)8-10-18/h3-10H,2,11-14,16H2,1H3. The van der Waals surface area contributed by atoms with Gasteiger partial charge in [0.15, 0.2) is 0 Å². The fraction of sp³-hybridized carbons (Fsp3) is 0.350. The van der Waals surface area contributed by atoms with Crippen molar-refractivity contribution in [3.05, 3.63) is 59.7 Å². The zero-order valence-corrected chi connectivity index (χ0v) is 14.1. The van der Waals surface area contributed by atoms with E-state index in [1.807, 2.05) is 31.2 Å². The predicted molar refractivity (Wildman–Crippen MR) is 96.3 cm³/mol. The van der Waals surface area contributed by atoms with Gasteiger partial charge in [-0.3, -0.25) is 4.90 Å². The van der Waals surface area contributed by atoms with E-state index in [0.717, 1.165) is 44.0 Å². The van der Waals surface area contributed by atoms with E-state index in [0.29, 0.717) is 6.61 Å². The number of anilines is 1. The van der Waals surface area contributed by atoms with Crippen molar-refractivity contribution in [3.8, 4) is 11.8 Å². The molecule has 0 saturated carbocycles. The average Bonchev–Trinajstić information content (AvgIpc) is 2.64. The lowest BCUT2D eigenvalue weighted by Crippen LogP contribution is -2.46. The lowest BCUT2D eigenvalue weighted by molar-refractivity contribution is 0.248. The number of hydrogen-bond donors (Lipinski definition) is 0. The largest absolute Gasteiger partial charge is 0.492 e. The van der Waals surface area contributed by atoms with Crippen LogP contribution in [0.1, 0.15) is 18.1 Å². The topological polar surface area (TPSA) is 39.5 Å². The summed E-state index contributed by atoms with van der Waals surface area (Å²) in [6.07, 6.45) is 0. The van der Waals surface area contributed by atoms with Gasteiger partial charge in [-0.25, -0.2) is 0 Å². The maximum absolute atomic E-state index is 8.87. The van der Waals surface area contributed by atoms with Gasteiger partial charge in [-0.15, -0.1) is 0 Å². The van der Waals surface area contributed by atoms with Crippen molar-refractivity contribution in [2.75, 3.05) is 37.7 Å². The third kappa shape index (κ3) is 3.87. The molecule has 24 heavy (non-hydrogen) atoms. The Hall–Kier alpha value is -2.51. The molecule has 0 aliphatic carbocycles. The molecule has 0 amide bonds. The van der Waals surface area contributed by atoms with Crippen LogP contribution in [0.5, 0.6) is 5.75 Å². The molecule has 1 fully saturated rings. The van der Waals surface area contributed by atoms with Crippen LogP contribution in [0, 0.1) is 11.3 Å². The van der Waals surface area contributed by atoms with Crippen LogP contribution in [0.15, 0.2) is 48.5 Å². The second kappa shape index (κ2) is 7.85. The molecule has 4 heteroatoms. The van der Waals surface area contributed by atoms with Crippen molar-refractivity contribution in [2.24, 2.45) is 0 Å². The summed E-state index contributed by atoms with van der Waals surface area (Å²) in [7, 11) is 0. The SMILES string of the molecule is CCOc1ccccc1N1CCN(Cc2ccc(C#N)cc2)CC1. The highest BCUT2D eigenvalue weighted by atomic mass is 16.5. The van der Waals surface area contributed by atoms with Crippen molar-refractivity contribution in [1.29, 1.82) is 5.26 Å². The second-order valence-corrected chi connectivity index (χ2v) is 5.97. The third-order valence-corrected chi connectivity index (χ3v) is 4.37. The molecule has 2 aromatic rings. The van der Waals surface area contributed by atoms with Crippen LogP contribution in [-0.2, 0) is 6.54 Å². The molecule has 0 N–H and O–H groups in total. The Morgan fingerprint density at radius 2 is 1.71 bits per heavy atom. The predicted octanol–water partition coefficient (Wildman–Crippen LogP) is 3.28. The van der Waals surface area contributed by atoms with Crippen molar-refractivity contribution in [2.45, 2.75) is 13.5 Å². The molecule has 0 spiro atoms. The van der Waals surface area contributed by atoms with Gasteiger partial charge in [-0.1, -0.05) is 24.3 Å². The Balaban J connectivity index is 1.58.